The van der Waals surface area contributed by atoms with Crippen LogP contribution in [0.2, 0.25) is 0 Å². The predicted molar refractivity (Wildman–Crippen MR) is 83.8 cm³/mol. The third kappa shape index (κ3) is 3.92. The normalized spacial score (nSPS) is 10.2. The van der Waals surface area contributed by atoms with Crippen molar-refractivity contribution in [1.29, 1.82) is 0 Å². The van der Waals surface area contributed by atoms with Crippen LogP contribution >= 0.6 is 11.3 Å². The Balaban J connectivity index is 1.91. The molecule has 0 bridgehead atoms. The lowest BCUT2D eigenvalue weighted by Gasteiger charge is -2.09. The molecule has 2 aromatic rings. The number of carbonyl (C=O) groups excluding carboxylic acids is 2. The van der Waals surface area contributed by atoms with Crippen molar-refractivity contribution in [3.05, 3.63) is 51.7 Å². The van der Waals surface area contributed by atoms with E-state index in [0.717, 1.165) is 23.2 Å². The topological polar surface area (TPSA) is 55.4 Å². The van der Waals surface area contributed by atoms with Crippen molar-refractivity contribution in [2.24, 2.45) is 0 Å². The molecule has 1 aromatic heterocycles. The molecule has 0 unspecified atom stereocenters. The van der Waals surface area contributed by atoms with Crippen LogP contribution in [0.5, 0.6) is 0 Å². The summed E-state index contributed by atoms with van der Waals surface area (Å²) in [7, 11) is 0. The summed E-state index contributed by atoms with van der Waals surface area (Å²) in [6, 6.07) is 9.42. The van der Waals surface area contributed by atoms with E-state index in [2.05, 4.69) is 5.32 Å². The molecule has 0 atom stereocenters. The molecular weight excluding hydrogens is 286 g/mol. The van der Waals surface area contributed by atoms with E-state index in [4.69, 9.17) is 4.74 Å². The van der Waals surface area contributed by atoms with E-state index < -0.39 is 5.97 Å². The molecule has 1 N–H and O–H groups in total. The molecule has 0 aliphatic carbocycles. The second-order valence-electron chi connectivity index (χ2n) is 4.57. The van der Waals surface area contributed by atoms with Crippen molar-refractivity contribution in [3.8, 4) is 0 Å². The zero-order valence-electron chi connectivity index (χ0n) is 12.0. The number of amides is 1. The largest absolute Gasteiger partial charge is 0.451 e. The minimum Gasteiger partial charge on any atom is -0.451 e. The standard InChI is InChI=1S/C16H17NO3S/c1-3-12-6-4-5-7-13(12)17-14(18)10-20-16(19)15-11(2)8-9-21-15/h4-9H,3,10H2,1-2H3,(H,17,18). The van der Waals surface area contributed by atoms with Crippen LogP contribution < -0.4 is 5.32 Å². The van der Waals surface area contributed by atoms with Crippen LogP contribution in [0.3, 0.4) is 0 Å². The number of thiophene rings is 1. The Kier molecular flexibility index (Phi) is 5.11. The minimum absolute atomic E-state index is 0.284. The van der Waals surface area contributed by atoms with Gasteiger partial charge in [-0.2, -0.15) is 0 Å². The lowest BCUT2D eigenvalue weighted by molar-refractivity contribution is -0.119. The maximum Gasteiger partial charge on any atom is 0.349 e. The molecule has 2 rings (SSSR count). The lowest BCUT2D eigenvalue weighted by atomic mass is 10.1. The summed E-state index contributed by atoms with van der Waals surface area (Å²) in [4.78, 5) is 24.2. The quantitative estimate of drug-likeness (QED) is 0.861. The van der Waals surface area contributed by atoms with E-state index in [1.165, 1.54) is 11.3 Å². The summed E-state index contributed by atoms with van der Waals surface area (Å²) in [6.07, 6.45) is 0.824. The fourth-order valence-corrected chi connectivity index (χ4v) is 2.73. The van der Waals surface area contributed by atoms with Gasteiger partial charge in [0.15, 0.2) is 6.61 Å². The van der Waals surface area contributed by atoms with E-state index in [9.17, 15) is 9.59 Å². The summed E-state index contributed by atoms with van der Waals surface area (Å²) in [5, 5.41) is 4.59. The fraction of sp³-hybridized carbons (Fsp3) is 0.250. The number of esters is 1. The van der Waals surface area contributed by atoms with E-state index in [1.807, 2.05) is 49.6 Å². The second kappa shape index (κ2) is 7.04. The number of anilines is 1. The number of hydrogen-bond acceptors (Lipinski definition) is 4. The van der Waals surface area contributed by atoms with Gasteiger partial charge >= 0.3 is 5.97 Å². The average Bonchev–Trinajstić information content (AvgIpc) is 2.91. The Labute approximate surface area is 127 Å². The molecular formula is C16H17NO3S. The van der Waals surface area contributed by atoms with Crippen LogP contribution in [0.15, 0.2) is 35.7 Å². The molecule has 4 nitrogen and oxygen atoms in total. The molecule has 0 spiro atoms. The van der Waals surface area contributed by atoms with Crippen LogP contribution in [0.25, 0.3) is 0 Å². The summed E-state index contributed by atoms with van der Waals surface area (Å²) in [5.74, 6) is -0.792. The molecule has 0 radical (unpaired) electrons. The van der Waals surface area contributed by atoms with E-state index >= 15 is 0 Å². The second-order valence-corrected chi connectivity index (χ2v) is 5.48. The van der Waals surface area contributed by atoms with E-state index in [1.54, 1.807) is 0 Å². The zero-order valence-corrected chi connectivity index (χ0v) is 12.8. The number of rotatable bonds is 5. The first-order chi connectivity index (χ1) is 10.1. The molecule has 0 fully saturated rings. The van der Waals surface area contributed by atoms with E-state index in [0.29, 0.717) is 4.88 Å². The average molecular weight is 303 g/mol. The summed E-state index contributed by atoms with van der Waals surface area (Å²) in [5.41, 5.74) is 2.67. The third-order valence-corrected chi connectivity index (χ3v) is 4.05. The lowest BCUT2D eigenvalue weighted by Crippen LogP contribution is -2.21. The highest BCUT2D eigenvalue weighted by Gasteiger charge is 2.14. The molecule has 0 saturated carbocycles. The first kappa shape index (κ1) is 15.3. The fourth-order valence-electron chi connectivity index (χ4n) is 1.92. The van der Waals surface area contributed by atoms with Crippen molar-refractivity contribution in [3.63, 3.8) is 0 Å². The molecule has 110 valence electrons. The van der Waals surface area contributed by atoms with Gasteiger partial charge in [0, 0.05) is 5.69 Å². The molecule has 21 heavy (non-hydrogen) atoms. The number of benzene rings is 1. The van der Waals surface area contributed by atoms with Gasteiger partial charge in [0.2, 0.25) is 0 Å². The van der Waals surface area contributed by atoms with Crippen LogP contribution in [-0.2, 0) is 16.0 Å². The highest BCUT2D eigenvalue weighted by Crippen LogP contribution is 2.17. The molecule has 1 amide bonds. The van der Waals surface area contributed by atoms with Crippen LogP contribution in [0.1, 0.15) is 27.7 Å². The molecule has 0 aliphatic rings. The number of nitrogens with one attached hydrogen (secondary N) is 1. The smallest absolute Gasteiger partial charge is 0.349 e. The van der Waals surface area contributed by atoms with Crippen molar-refractivity contribution >= 4 is 28.9 Å². The molecule has 1 heterocycles. The predicted octanol–water partition coefficient (Wildman–Crippen LogP) is 3.41. The summed E-state index contributed by atoms with van der Waals surface area (Å²) >= 11 is 1.31. The maximum atomic E-state index is 11.9. The first-order valence-electron chi connectivity index (χ1n) is 6.70. The molecule has 0 aliphatic heterocycles. The van der Waals surface area contributed by atoms with Crippen molar-refractivity contribution in [2.75, 3.05) is 11.9 Å². The van der Waals surface area contributed by atoms with Crippen molar-refractivity contribution in [2.45, 2.75) is 20.3 Å². The van der Waals surface area contributed by atoms with Crippen molar-refractivity contribution < 1.29 is 14.3 Å². The highest BCUT2D eigenvalue weighted by molar-refractivity contribution is 7.12. The first-order valence-corrected chi connectivity index (χ1v) is 7.58. The molecule has 0 saturated heterocycles. The van der Waals surface area contributed by atoms with Crippen LogP contribution in [0, 0.1) is 6.92 Å². The number of para-hydroxylation sites is 1. The minimum atomic E-state index is -0.457. The monoisotopic (exact) mass is 303 g/mol. The Bertz CT molecular complexity index is 648. The third-order valence-electron chi connectivity index (χ3n) is 3.05. The number of hydrogen-bond donors (Lipinski definition) is 1. The summed E-state index contributed by atoms with van der Waals surface area (Å²) in [6.45, 7) is 3.57. The zero-order chi connectivity index (χ0) is 15.2. The van der Waals surface area contributed by atoms with Gasteiger partial charge in [0.05, 0.1) is 0 Å². The van der Waals surface area contributed by atoms with Gasteiger partial charge in [-0.25, -0.2) is 4.79 Å². The van der Waals surface area contributed by atoms with Crippen molar-refractivity contribution in [1.82, 2.24) is 0 Å². The molecule has 5 heteroatoms. The number of aryl methyl sites for hydroxylation is 2. The maximum absolute atomic E-state index is 11.9. The van der Waals surface area contributed by atoms with Crippen LogP contribution in [-0.4, -0.2) is 18.5 Å². The van der Waals surface area contributed by atoms with Gasteiger partial charge in [-0.3, -0.25) is 4.79 Å². The van der Waals surface area contributed by atoms with Crippen LogP contribution in [0.4, 0.5) is 5.69 Å². The Morgan fingerprint density at radius 1 is 1.24 bits per heavy atom. The van der Waals surface area contributed by atoms with Gasteiger partial charge in [-0.05, 0) is 42.0 Å². The van der Waals surface area contributed by atoms with Gasteiger partial charge in [0.1, 0.15) is 4.88 Å². The number of carbonyl (C=O) groups is 2. The van der Waals surface area contributed by atoms with E-state index in [-0.39, 0.29) is 12.5 Å². The number of ether oxygens (including phenoxy) is 1. The van der Waals surface area contributed by atoms with Gasteiger partial charge < -0.3 is 10.1 Å². The highest BCUT2D eigenvalue weighted by atomic mass is 32.1. The Morgan fingerprint density at radius 2 is 2.00 bits per heavy atom. The molecule has 1 aromatic carbocycles. The Morgan fingerprint density at radius 3 is 2.67 bits per heavy atom. The Hall–Kier alpha value is -2.14. The van der Waals surface area contributed by atoms with Gasteiger partial charge in [0.25, 0.3) is 5.91 Å². The van der Waals surface area contributed by atoms with Gasteiger partial charge in [-0.1, -0.05) is 25.1 Å². The van der Waals surface area contributed by atoms with Gasteiger partial charge in [-0.15, -0.1) is 11.3 Å². The SMILES string of the molecule is CCc1ccccc1NC(=O)COC(=O)c1sccc1C. The summed E-state index contributed by atoms with van der Waals surface area (Å²) < 4.78 is 5.03.